The molecule has 0 fully saturated rings. The number of hydrogen-bond donors (Lipinski definition) is 2. The average molecular weight is 309 g/mol. The molecule has 2 aromatic carbocycles. The Hall–Kier alpha value is -1.13. The van der Waals surface area contributed by atoms with E-state index in [0.29, 0.717) is 0 Å². The SMILES string of the molecule is CSc1cccc(Nc2ccc(N)cc2Br)c1. The molecule has 2 nitrogen and oxygen atoms in total. The molecule has 0 heterocycles. The van der Waals surface area contributed by atoms with Crippen molar-refractivity contribution >= 4 is 44.8 Å². The first-order valence-electron chi connectivity index (χ1n) is 5.15. The van der Waals surface area contributed by atoms with Crippen molar-refractivity contribution in [1.29, 1.82) is 0 Å². The maximum Gasteiger partial charge on any atom is 0.0530 e. The summed E-state index contributed by atoms with van der Waals surface area (Å²) in [7, 11) is 0. The lowest BCUT2D eigenvalue weighted by molar-refractivity contribution is 1.43. The van der Waals surface area contributed by atoms with Gasteiger partial charge >= 0.3 is 0 Å². The van der Waals surface area contributed by atoms with E-state index in [1.165, 1.54) is 4.90 Å². The minimum Gasteiger partial charge on any atom is -0.399 e. The van der Waals surface area contributed by atoms with Gasteiger partial charge in [0, 0.05) is 20.7 Å². The lowest BCUT2D eigenvalue weighted by Crippen LogP contribution is -1.93. The van der Waals surface area contributed by atoms with Gasteiger partial charge in [-0.25, -0.2) is 0 Å². The van der Waals surface area contributed by atoms with Crippen LogP contribution in [0.15, 0.2) is 51.8 Å². The molecule has 0 atom stereocenters. The summed E-state index contributed by atoms with van der Waals surface area (Å²) in [6, 6.07) is 14.0. The fourth-order valence-corrected chi connectivity index (χ4v) is 2.44. The van der Waals surface area contributed by atoms with Crippen molar-refractivity contribution in [2.75, 3.05) is 17.3 Å². The zero-order valence-electron chi connectivity index (χ0n) is 9.41. The highest BCUT2D eigenvalue weighted by Crippen LogP contribution is 2.29. The number of nitrogens with one attached hydrogen (secondary N) is 1. The van der Waals surface area contributed by atoms with Gasteiger partial charge in [-0.05, 0) is 58.6 Å². The number of thioether (sulfide) groups is 1. The molecule has 0 amide bonds. The van der Waals surface area contributed by atoms with Gasteiger partial charge in [0.2, 0.25) is 0 Å². The van der Waals surface area contributed by atoms with Gasteiger partial charge in [-0.3, -0.25) is 0 Å². The summed E-state index contributed by atoms with van der Waals surface area (Å²) in [6.45, 7) is 0. The molecule has 2 rings (SSSR count). The Kier molecular flexibility index (Phi) is 3.97. The van der Waals surface area contributed by atoms with Crippen molar-refractivity contribution in [3.05, 3.63) is 46.9 Å². The van der Waals surface area contributed by atoms with Gasteiger partial charge in [0.05, 0.1) is 5.69 Å². The Morgan fingerprint density at radius 1 is 1.18 bits per heavy atom. The molecule has 0 radical (unpaired) electrons. The van der Waals surface area contributed by atoms with E-state index >= 15 is 0 Å². The molecule has 3 N–H and O–H groups in total. The smallest absolute Gasteiger partial charge is 0.0530 e. The Labute approximate surface area is 114 Å². The second kappa shape index (κ2) is 5.47. The van der Waals surface area contributed by atoms with Crippen LogP contribution in [-0.4, -0.2) is 6.26 Å². The first-order chi connectivity index (χ1) is 8.19. The first kappa shape index (κ1) is 12.3. The van der Waals surface area contributed by atoms with Gasteiger partial charge < -0.3 is 11.1 Å². The average Bonchev–Trinajstić information content (AvgIpc) is 2.33. The van der Waals surface area contributed by atoms with Gasteiger partial charge in [-0.1, -0.05) is 6.07 Å². The number of halogens is 1. The molecular weight excluding hydrogens is 296 g/mol. The quantitative estimate of drug-likeness (QED) is 0.648. The van der Waals surface area contributed by atoms with Crippen LogP contribution in [0.2, 0.25) is 0 Å². The number of hydrogen-bond acceptors (Lipinski definition) is 3. The summed E-state index contributed by atoms with van der Waals surface area (Å²) in [5, 5.41) is 3.36. The molecule has 4 heteroatoms. The highest BCUT2D eigenvalue weighted by Gasteiger charge is 2.01. The van der Waals surface area contributed by atoms with Gasteiger partial charge in [0.15, 0.2) is 0 Å². The minimum atomic E-state index is 0.750. The van der Waals surface area contributed by atoms with E-state index in [1.807, 2.05) is 30.3 Å². The molecule has 17 heavy (non-hydrogen) atoms. The Morgan fingerprint density at radius 3 is 2.71 bits per heavy atom. The molecule has 88 valence electrons. The van der Waals surface area contributed by atoms with E-state index in [4.69, 9.17) is 5.73 Å². The molecule has 0 unspecified atom stereocenters. The molecular formula is C13H13BrN2S. The molecule has 0 aliphatic heterocycles. The molecule has 0 aromatic heterocycles. The van der Waals surface area contributed by atoms with E-state index in [1.54, 1.807) is 11.8 Å². The van der Waals surface area contributed by atoms with E-state index in [-0.39, 0.29) is 0 Å². The van der Waals surface area contributed by atoms with Crippen LogP contribution < -0.4 is 11.1 Å². The summed E-state index contributed by atoms with van der Waals surface area (Å²) >= 11 is 5.22. The summed E-state index contributed by atoms with van der Waals surface area (Å²) in [5.74, 6) is 0. The van der Waals surface area contributed by atoms with Crippen LogP contribution in [0.4, 0.5) is 17.1 Å². The van der Waals surface area contributed by atoms with Crippen LogP contribution in [0.25, 0.3) is 0 Å². The maximum absolute atomic E-state index is 5.71. The minimum absolute atomic E-state index is 0.750. The highest BCUT2D eigenvalue weighted by atomic mass is 79.9. The van der Waals surface area contributed by atoms with Gasteiger partial charge in [0.1, 0.15) is 0 Å². The molecule has 0 saturated carbocycles. The van der Waals surface area contributed by atoms with Crippen molar-refractivity contribution in [2.45, 2.75) is 4.90 Å². The second-order valence-electron chi connectivity index (χ2n) is 3.60. The lowest BCUT2D eigenvalue weighted by Gasteiger charge is -2.10. The number of rotatable bonds is 3. The van der Waals surface area contributed by atoms with E-state index in [0.717, 1.165) is 21.5 Å². The third-order valence-corrected chi connectivity index (χ3v) is 3.72. The van der Waals surface area contributed by atoms with Crippen molar-refractivity contribution in [1.82, 2.24) is 0 Å². The van der Waals surface area contributed by atoms with E-state index < -0.39 is 0 Å². The summed E-state index contributed by atoms with van der Waals surface area (Å²) < 4.78 is 0.965. The monoisotopic (exact) mass is 308 g/mol. The molecule has 2 aromatic rings. The molecule has 0 saturated heterocycles. The fraction of sp³-hybridized carbons (Fsp3) is 0.0769. The van der Waals surface area contributed by atoms with Crippen molar-refractivity contribution in [3.8, 4) is 0 Å². The first-order valence-corrected chi connectivity index (χ1v) is 7.17. The van der Waals surface area contributed by atoms with Gasteiger partial charge in [-0.15, -0.1) is 11.8 Å². The summed E-state index contributed by atoms with van der Waals surface area (Å²) in [4.78, 5) is 1.24. The zero-order valence-corrected chi connectivity index (χ0v) is 11.8. The predicted molar refractivity (Wildman–Crippen MR) is 80.1 cm³/mol. The van der Waals surface area contributed by atoms with Gasteiger partial charge in [-0.2, -0.15) is 0 Å². The largest absolute Gasteiger partial charge is 0.399 e. The van der Waals surface area contributed by atoms with E-state index in [2.05, 4.69) is 39.6 Å². The zero-order chi connectivity index (χ0) is 12.3. The summed E-state index contributed by atoms with van der Waals surface area (Å²) in [6.07, 6.45) is 2.07. The molecule has 0 spiro atoms. The van der Waals surface area contributed by atoms with Gasteiger partial charge in [0.25, 0.3) is 0 Å². The standard InChI is InChI=1S/C13H13BrN2S/c1-17-11-4-2-3-10(8-11)16-13-6-5-9(15)7-12(13)14/h2-8,16H,15H2,1H3. The Balaban J connectivity index is 2.25. The lowest BCUT2D eigenvalue weighted by atomic mass is 10.2. The van der Waals surface area contributed by atoms with Crippen LogP contribution in [0, 0.1) is 0 Å². The third kappa shape index (κ3) is 3.17. The Morgan fingerprint density at radius 2 is 2.00 bits per heavy atom. The number of benzene rings is 2. The number of nitrogen functional groups attached to an aromatic ring is 1. The van der Waals surface area contributed by atoms with E-state index in [9.17, 15) is 0 Å². The second-order valence-corrected chi connectivity index (χ2v) is 5.33. The molecule has 0 bridgehead atoms. The predicted octanol–water partition coefficient (Wildman–Crippen LogP) is 4.50. The number of nitrogens with two attached hydrogens (primary N) is 1. The molecule has 0 aliphatic carbocycles. The fourth-order valence-electron chi connectivity index (χ4n) is 1.49. The Bertz CT molecular complexity index is 529. The van der Waals surface area contributed by atoms with Crippen LogP contribution in [0.1, 0.15) is 0 Å². The van der Waals surface area contributed by atoms with Crippen molar-refractivity contribution < 1.29 is 0 Å². The summed E-state index contributed by atoms with van der Waals surface area (Å²) in [5.41, 5.74) is 8.54. The molecule has 0 aliphatic rings. The van der Waals surface area contributed by atoms with Crippen molar-refractivity contribution in [3.63, 3.8) is 0 Å². The third-order valence-electron chi connectivity index (χ3n) is 2.34. The van der Waals surface area contributed by atoms with Crippen LogP contribution >= 0.6 is 27.7 Å². The van der Waals surface area contributed by atoms with Crippen LogP contribution in [0.3, 0.4) is 0 Å². The van der Waals surface area contributed by atoms with Crippen LogP contribution in [0.5, 0.6) is 0 Å². The maximum atomic E-state index is 5.71. The normalized spacial score (nSPS) is 10.2. The van der Waals surface area contributed by atoms with Crippen LogP contribution in [-0.2, 0) is 0 Å². The highest BCUT2D eigenvalue weighted by molar-refractivity contribution is 9.10. The number of anilines is 3. The van der Waals surface area contributed by atoms with Crippen molar-refractivity contribution in [2.24, 2.45) is 0 Å². The topological polar surface area (TPSA) is 38.0 Å².